The molecular formula is C15H23N5S. The molecule has 1 fully saturated rings. The Hall–Kier alpha value is -1.14. The summed E-state index contributed by atoms with van der Waals surface area (Å²) in [5.41, 5.74) is 2.04. The summed E-state index contributed by atoms with van der Waals surface area (Å²) < 4.78 is 0. The number of hydrogen-bond acceptors (Lipinski definition) is 5. The van der Waals surface area contributed by atoms with Crippen molar-refractivity contribution in [1.29, 1.82) is 0 Å². The Balaban J connectivity index is 1.86. The number of hydrogen-bond donors (Lipinski definition) is 2. The number of fused-ring (bicyclic) bond motifs is 1. The zero-order valence-electron chi connectivity index (χ0n) is 12.9. The van der Waals surface area contributed by atoms with Crippen molar-refractivity contribution >= 4 is 22.9 Å². The van der Waals surface area contributed by atoms with Gasteiger partial charge in [-0.1, -0.05) is 39.0 Å². The average molecular weight is 305 g/mol. The molecule has 3 rings (SSSR count). The lowest BCUT2D eigenvalue weighted by Crippen LogP contribution is -2.51. The molecule has 5 nitrogen and oxygen atoms in total. The molecule has 2 unspecified atom stereocenters. The molecule has 21 heavy (non-hydrogen) atoms. The molecule has 6 heteroatoms. The van der Waals surface area contributed by atoms with Crippen LogP contribution in [0.25, 0.3) is 11.2 Å². The van der Waals surface area contributed by atoms with Crippen LogP contribution in [0.3, 0.4) is 0 Å². The van der Waals surface area contributed by atoms with Gasteiger partial charge in [0.2, 0.25) is 0 Å². The van der Waals surface area contributed by atoms with Crippen LogP contribution >= 0.6 is 11.8 Å². The number of nitrogens with one attached hydrogen (secondary N) is 2. The second kappa shape index (κ2) is 5.93. The number of thioether (sulfide) groups is 1. The van der Waals surface area contributed by atoms with Gasteiger partial charge in [0.15, 0.2) is 5.65 Å². The van der Waals surface area contributed by atoms with E-state index in [2.05, 4.69) is 46.0 Å². The first-order valence-electron chi connectivity index (χ1n) is 7.66. The molecule has 0 radical (unpaired) electrons. The van der Waals surface area contributed by atoms with Crippen LogP contribution in [0.5, 0.6) is 0 Å². The fourth-order valence-electron chi connectivity index (χ4n) is 3.31. The number of rotatable bonds is 4. The summed E-state index contributed by atoms with van der Waals surface area (Å²) in [6.07, 6.45) is 7.10. The van der Waals surface area contributed by atoms with E-state index in [1.54, 1.807) is 12.7 Å². The van der Waals surface area contributed by atoms with Gasteiger partial charge < -0.3 is 10.3 Å². The largest absolute Gasteiger partial charge is 0.341 e. The summed E-state index contributed by atoms with van der Waals surface area (Å²) >= 11 is 1.86. The van der Waals surface area contributed by atoms with Crippen LogP contribution in [0.4, 0.5) is 0 Å². The molecule has 0 aromatic carbocycles. The first-order valence-corrected chi connectivity index (χ1v) is 8.54. The van der Waals surface area contributed by atoms with Crippen molar-refractivity contribution in [1.82, 2.24) is 25.3 Å². The quantitative estimate of drug-likeness (QED) is 0.850. The minimum atomic E-state index is 0.325. The van der Waals surface area contributed by atoms with Gasteiger partial charge in [0.1, 0.15) is 16.9 Å². The van der Waals surface area contributed by atoms with Gasteiger partial charge in [0.05, 0.1) is 6.33 Å². The van der Waals surface area contributed by atoms with Crippen molar-refractivity contribution in [2.45, 2.75) is 56.4 Å². The lowest BCUT2D eigenvalue weighted by atomic mass is 9.73. The van der Waals surface area contributed by atoms with E-state index in [1.807, 2.05) is 11.8 Å². The van der Waals surface area contributed by atoms with Crippen LogP contribution in [0, 0.1) is 5.41 Å². The van der Waals surface area contributed by atoms with Gasteiger partial charge in [-0.2, -0.15) is 0 Å². The van der Waals surface area contributed by atoms with Crippen molar-refractivity contribution in [3.8, 4) is 0 Å². The lowest BCUT2D eigenvalue weighted by Gasteiger charge is -2.44. The summed E-state index contributed by atoms with van der Waals surface area (Å²) in [7, 11) is 0. The van der Waals surface area contributed by atoms with E-state index in [0.717, 1.165) is 22.7 Å². The monoisotopic (exact) mass is 305 g/mol. The Kier molecular flexibility index (Phi) is 4.17. The van der Waals surface area contributed by atoms with Crippen molar-refractivity contribution in [2.75, 3.05) is 6.54 Å². The maximum absolute atomic E-state index is 4.47. The zero-order chi connectivity index (χ0) is 14.9. The zero-order valence-corrected chi connectivity index (χ0v) is 13.7. The minimum absolute atomic E-state index is 0.325. The number of nitrogens with zero attached hydrogens (tertiary/aromatic N) is 3. The van der Waals surface area contributed by atoms with Gasteiger partial charge in [0, 0.05) is 11.3 Å². The van der Waals surface area contributed by atoms with E-state index in [4.69, 9.17) is 0 Å². The molecule has 2 aromatic heterocycles. The lowest BCUT2D eigenvalue weighted by molar-refractivity contribution is 0.176. The Bertz CT molecular complexity index is 609. The van der Waals surface area contributed by atoms with Crippen LogP contribution in [-0.4, -0.2) is 37.8 Å². The van der Waals surface area contributed by atoms with Crippen molar-refractivity contribution < 1.29 is 0 Å². The fourth-order valence-corrected chi connectivity index (χ4v) is 4.86. The van der Waals surface area contributed by atoms with Crippen LogP contribution in [0.2, 0.25) is 0 Å². The highest BCUT2D eigenvalue weighted by atomic mass is 32.2. The van der Waals surface area contributed by atoms with Gasteiger partial charge in [0.25, 0.3) is 0 Å². The predicted octanol–water partition coefficient (Wildman–Crippen LogP) is 3.00. The van der Waals surface area contributed by atoms with Crippen molar-refractivity contribution in [2.24, 2.45) is 5.41 Å². The van der Waals surface area contributed by atoms with Gasteiger partial charge in [-0.25, -0.2) is 15.0 Å². The molecule has 1 saturated carbocycles. The SMILES string of the molecule is CCNC1C(Sc2ncnc3nc[nH]c23)CCCC1(C)C. The topological polar surface area (TPSA) is 66.5 Å². The Labute approximate surface area is 129 Å². The normalized spacial score (nSPS) is 25.3. The highest BCUT2D eigenvalue weighted by Crippen LogP contribution is 2.43. The van der Waals surface area contributed by atoms with Crippen LogP contribution in [0.1, 0.15) is 40.0 Å². The molecular weight excluding hydrogens is 282 g/mol. The molecule has 0 amide bonds. The number of H-pyrrole nitrogens is 1. The highest BCUT2D eigenvalue weighted by Gasteiger charge is 2.39. The standard InChI is InChI=1S/C15H23N5S/c1-4-16-12-10(6-5-7-15(12,2)3)21-14-11-13(18-8-17-11)19-9-20-14/h8-10,12,16H,4-7H2,1-3H3,(H,17,18,19,20). The molecule has 0 aliphatic heterocycles. The molecule has 114 valence electrons. The third kappa shape index (κ3) is 2.92. The molecule has 1 aliphatic rings. The maximum Gasteiger partial charge on any atom is 0.181 e. The van der Waals surface area contributed by atoms with Crippen LogP contribution < -0.4 is 5.32 Å². The molecule has 0 saturated heterocycles. The Morgan fingerprint density at radius 2 is 2.24 bits per heavy atom. The molecule has 2 atom stereocenters. The van der Waals surface area contributed by atoms with E-state index in [-0.39, 0.29) is 0 Å². The number of aromatic nitrogens is 4. The van der Waals surface area contributed by atoms with E-state index >= 15 is 0 Å². The third-order valence-corrected chi connectivity index (χ3v) is 5.74. The second-order valence-corrected chi connectivity index (χ2v) is 7.58. The van der Waals surface area contributed by atoms with Gasteiger partial charge in [-0.05, 0) is 24.8 Å². The molecule has 1 aliphatic carbocycles. The van der Waals surface area contributed by atoms with E-state index in [0.29, 0.717) is 16.7 Å². The first-order chi connectivity index (χ1) is 10.1. The fraction of sp³-hybridized carbons (Fsp3) is 0.667. The smallest absolute Gasteiger partial charge is 0.181 e. The molecule has 0 bridgehead atoms. The summed E-state index contributed by atoms with van der Waals surface area (Å²) in [6, 6.07) is 0.509. The Morgan fingerprint density at radius 1 is 1.38 bits per heavy atom. The van der Waals surface area contributed by atoms with E-state index in [9.17, 15) is 0 Å². The predicted molar refractivity (Wildman–Crippen MR) is 86.4 cm³/mol. The molecule has 2 aromatic rings. The molecule has 0 spiro atoms. The summed E-state index contributed by atoms with van der Waals surface area (Å²) in [4.78, 5) is 16.1. The minimum Gasteiger partial charge on any atom is -0.341 e. The van der Waals surface area contributed by atoms with Gasteiger partial charge >= 0.3 is 0 Å². The first kappa shape index (κ1) is 14.8. The second-order valence-electron chi connectivity index (χ2n) is 6.35. The van der Waals surface area contributed by atoms with Crippen molar-refractivity contribution in [3.63, 3.8) is 0 Å². The Morgan fingerprint density at radius 3 is 3.05 bits per heavy atom. The van der Waals surface area contributed by atoms with E-state index < -0.39 is 0 Å². The van der Waals surface area contributed by atoms with Crippen LogP contribution in [0.15, 0.2) is 17.7 Å². The van der Waals surface area contributed by atoms with Crippen LogP contribution in [-0.2, 0) is 0 Å². The van der Waals surface area contributed by atoms with Gasteiger partial charge in [-0.3, -0.25) is 0 Å². The van der Waals surface area contributed by atoms with E-state index in [1.165, 1.54) is 19.3 Å². The number of imidazole rings is 1. The van der Waals surface area contributed by atoms with Crippen molar-refractivity contribution in [3.05, 3.63) is 12.7 Å². The third-order valence-electron chi connectivity index (χ3n) is 4.40. The highest BCUT2D eigenvalue weighted by molar-refractivity contribution is 8.00. The summed E-state index contributed by atoms with van der Waals surface area (Å²) in [5.74, 6) is 0. The van der Waals surface area contributed by atoms with Gasteiger partial charge in [-0.15, -0.1) is 0 Å². The summed E-state index contributed by atoms with van der Waals surface area (Å²) in [6.45, 7) is 7.94. The number of aromatic amines is 1. The molecule has 2 heterocycles. The summed E-state index contributed by atoms with van der Waals surface area (Å²) in [5, 5.41) is 5.25. The average Bonchev–Trinajstić information content (AvgIpc) is 2.92. The molecule has 2 N–H and O–H groups in total. The maximum atomic E-state index is 4.47.